The molecule has 0 aliphatic rings. The highest BCUT2D eigenvalue weighted by molar-refractivity contribution is 7.89. The molecule has 1 N–H and O–H groups in total. The van der Waals surface area contributed by atoms with Crippen molar-refractivity contribution in [3.8, 4) is 11.1 Å². The molecule has 0 radical (unpaired) electrons. The van der Waals surface area contributed by atoms with Gasteiger partial charge in [0.2, 0.25) is 10.0 Å². The number of anilines is 1. The topological polar surface area (TPSA) is 79.4 Å². The maximum absolute atomic E-state index is 11.8. The van der Waals surface area contributed by atoms with E-state index in [0.717, 1.165) is 23.9 Å². The van der Waals surface area contributed by atoms with E-state index in [1.807, 2.05) is 29.7 Å². The Morgan fingerprint density at radius 1 is 1.25 bits per heavy atom. The van der Waals surface area contributed by atoms with Crippen molar-refractivity contribution in [3.05, 3.63) is 47.1 Å². The number of aromatic nitrogens is 1. The first-order chi connectivity index (χ1) is 11.2. The van der Waals surface area contributed by atoms with Gasteiger partial charge in [-0.3, -0.25) is 4.79 Å². The molecule has 0 saturated carbocycles. The van der Waals surface area contributed by atoms with Gasteiger partial charge in [0.25, 0.3) is 5.91 Å². The molecule has 1 aromatic carbocycles. The van der Waals surface area contributed by atoms with Crippen molar-refractivity contribution in [2.75, 3.05) is 24.7 Å². The van der Waals surface area contributed by atoms with E-state index in [2.05, 4.69) is 4.98 Å². The van der Waals surface area contributed by atoms with Crippen LogP contribution >= 0.6 is 11.6 Å². The minimum atomic E-state index is -3.59. The fourth-order valence-corrected chi connectivity index (χ4v) is 2.83. The summed E-state index contributed by atoms with van der Waals surface area (Å²) in [5, 5.41) is 0.538. The number of rotatable bonds is 5. The Balaban J connectivity index is 2.25. The molecule has 8 heteroatoms. The number of carbonyl (C=O) groups is 1. The molecule has 0 fully saturated rings. The lowest BCUT2D eigenvalue weighted by Crippen LogP contribution is -2.29. The molecular formula is C16H18ClN3O3S. The Morgan fingerprint density at radius 3 is 2.38 bits per heavy atom. The summed E-state index contributed by atoms with van der Waals surface area (Å²) in [5.74, 6) is 0.0344. The van der Waals surface area contributed by atoms with Gasteiger partial charge in [-0.2, -0.15) is 0 Å². The van der Waals surface area contributed by atoms with Crippen molar-refractivity contribution in [2.24, 2.45) is 0 Å². The molecule has 0 unspecified atom stereocenters. The van der Waals surface area contributed by atoms with E-state index in [1.54, 1.807) is 30.5 Å². The van der Waals surface area contributed by atoms with E-state index in [1.165, 1.54) is 0 Å². The van der Waals surface area contributed by atoms with Crippen LogP contribution in [0.1, 0.15) is 17.3 Å². The third kappa shape index (κ3) is 4.46. The van der Waals surface area contributed by atoms with Gasteiger partial charge in [0, 0.05) is 30.9 Å². The Hall–Kier alpha value is -2.12. The number of halogens is 1. The van der Waals surface area contributed by atoms with E-state index in [4.69, 9.17) is 11.6 Å². The van der Waals surface area contributed by atoms with Gasteiger partial charge in [-0.25, -0.2) is 18.1 Å². The second kappa shape index (κ2) is 7.19. The number of hydrogen-bond acceptors (Lipinski definition) is 5. The van der Waals surface area contributed by atoms with Crippen molar-refractivity contribution < 1.29 is 13.2 Å². The van der Waals surface area contributed by atoms with Crippen molar-refractivity contribution >= 4 is 33.3 Å². The number of benzene rings is 1. The Kier molecular flexibility index (Phi) is 5.46. The van der Waals surface area contributed by atoms with Crippen LogP contribution in [0.25, 0.3) is 11.1 Å². The average Bonchev–Trinajstić information content (AvgIpc) is 2.52. The van der Waals surface area contributed by atoms with Gasteiger partial charge in [0.05, 0.1) is 11.3 Å². The molecule has 1 aromatic heterocycles. The maximum Gasteiger partial charge on any atom is 0.264 e. The first-order valence-electron chi connectivity index (χ1n) is 7.20. The molecular weight excluding hydrogens is 350 g/mol. The lowest BCUT2D eigenvalue weighted by molar-refractivity contribution is 0.0981. The standard InChI is InChI=1S/C16H18ClN3O3S/c1-4-20(2)15-14(17)9-13(10-18-15)11-5-7-12(8-6-11)16(21)19-24(3,22)23/h5-10H,4H2,1-3H3,(H,19,21). The normalized spacial score (nSPS) is 11.2. The first-order valence-corrected chi connectivity index (χ1v) is 9.47. The molecule has 2 aromatic rings. The molecule has 0 saturated heterocycles. The summed E-state index contributed by atoms with van der Waals surface area (Å²) in [4.78, 5) is 18.1. The minimum Gasteiger partial charge on any atom is -0.359 e. The summed E-state index contributed by atoms with van der Waals surface area (Å²) in [6, 6.07) is 8.34. The molecule has 24 heavy (non-hydrogen) atoms. The van der Waals surface area contributed by atoms with Crippen molar-refractivity contribution in [1.82, 2.24) is 9.71 Å². The highest BCUT2D eigenvalue weighted by Gasteiger charge is 2.12. The molecule has 0 atom stereocenters. The molecule has 2 rings (SSSR count). The second-order valence-electron chi connectivity index (χ2n) is 5.32. The molecule has 0 aliphatic heterocycles. The molecule has 0 bridgehead atoms. The minimum absolute atomic E-state index is 0.255. The summed E-state index contributed by atoms with van der Waals surface area (Å²) >= 11 is 6.27. The second-order valence-corrected chi connectivity index (χ2v) is 7.48. The van der Waals surface area contributed by atoms with Crippen LogP contribution in [0.4, 0.5) is 5.82 Å². The van der Waals surface area contributed by atoms with Crippen LogP contribution in [0.15, 0.2) is 36.5 Å². The van der Waals surface area contributed by atoms with Crippen molar-refractivity contribution in [1.29, 1.82) is 0 Å². The zero-order chi connectivity index (χ0) is 17.9. The van der Waals surface area contributed by atoms with Gasteiger partial charge in [-0.15, -0.1) is 0 Å². The van der Waals surface area contributed by atoms with Gasteiger partial charge in [0.1, 0.15) is 5.82 Å². The monoisotopic (exact) mass is 367 g/mol. The van der Waals surface area contributed by atoms with Gasteiger partial charge in [-0.05, 0) is 30.7 Å². The quantitative estimate of drug-likeness (QED) is 0.878. The smallest absolute Gasteiger partial charge is 0.264 e. The van der Waals surface area contributed by atoms with Crippen LogP contribution in [0.2, 0.25) is 5.02 Å². The predicted octanol–water partition coefficient (Wildman–Crippen LogP) is 2.55. The molecule has 0 aliphatic carbocycles. The van der Waals surface area contributed by atoms with Crippen molar-refractivity contribution in [2.45, 2.75) is 6.92 Å². The highest BCUT2D eigenvalue weighted by atomic mass is 35.5. The van der Waals surface area contributed by atoms with E-state index >= 15 is 0 Å². The van der Waals surface area contributed by atoms with E-state index in [9.17, 15) is 13.2 Å². The Morgan fingerprint density at radius 2 is 1.88 bits per heavy atom. The number of nitrogens with zero attached hydrogens (tertiary/aromatic N) is 2. The lowest BCUT2D eigenvalue weighted by atomic mass is 10.1. The third-order valence-electron chi connectivity index (χ3n) is 3.42. The van der Waals surface area contributed by atoms with Crippen LogP contribution in [0.5, 0.6) is 0 Å². The SMILES string of the molecule is CCN(C)c1ncc(-c2ccc(C(=O)NS(C)(=O)=O)cc2)cc1Cl. The summed E-state index contributed by atoms with van der Waals surface area (Å²) in [5.41, 5.74) is 1.89. The van der Waals surface area contributed by atoms with Gasteiger partial charge in [0.15, 0.2) is 0 Å². The Labute approximate surface area is 146 Å². The summed E-state index contributed by atoms with van der Waals surface area (Å²) < 4.78 is 24.1. The number of carbonyl (C=O) groups excluding carboxylic acids is 1. The fourth-order valence-electron chi connectivity index (χ4n) is 2.06. The van der Waals surface area contributed by atoms with E-state index in [-0.39, 0.29) is 5.56 Å². The number of sulfonamides is 1. The predicted molar refractivity (Wildman–Crippen MR) is 95.9 cm³/mol. The first kappa shape index (κ1) is 18.2. The zero-order valence-corrected chi connectivity index (χ0v) is 15.1. The summed E-state index contributed by atoms with van der Waals surface area (Å²) in [6.07, 6.45) is 2.64. The van der Waals surface area contributed by atoms with Crippen molar-refractivity contribution in [3.63, 3.8) is 0 Å². The Bertz CT molecular complexity index is 851. The molecule has 128 valence electrons. The average molecular weight is 368 g/mol. The summed E-state index contributed by atoms with van der Waals surface area (Å²) in [7, 11) is -1.68. The van der Waals surface area contributed by atoms with E-state index < -0.39 is 15.9 Å². The highest BCUT2D eigenvalue weighted by Crippen LogP contribution is 2.28. The fraction of sp³-hybridized carbons (Fsp3) is 0.250. The number of hydrogen-bond donors (Lipinski definition) is 1. The maximum atomic E-state index is 11.8. The van der Waals surface area contributed by atoms with Crippen LogP contribution in [-0.2, 0) is 10.0 Å². The zero-order valence-electron chi connectivity index (χ0n) is 13.6. The largest absolute Gasteiger partial charge is 0.359 e. The van der Waals surface area contributed by atoms with Gasteiger partial charge < -0.3 is 4.90 Å². The molecule has 6 nitrogen and oxygen atoms in total. The molecule has 0 spiro atoms. The molecule has 1 amide bonds. The molecule has 1 heterocycles. The number of pyridine rings is 1. The van der Waals surface area contributed by atoms with Gasteiger partial charge in [-0.1, -0.05) is 23.7 Å². The van der Waals surface area contributed by atoms with E-state index in [0.29, 0.717) is 10.8 Å². The van der Waals surface area contributed by atoms with Crippen LogP contribution < -0.4 is 9.62 Å². The van der Waals surface area contributed by atoms with Crippen LogP contribution in [0.3, 0.4) is 0 Å². The number of nitrogens with one attached hydrogen (secondary N) is 1. The lowest BCUT2D eigenvalue weighted by Gasteiger charge is -2.17. The van der Waals surface area contributed by atoms with Gasteiger partial charge >= 0.3 is 0 Å². The third-order valence-corrected chi connectivity index (χ3v) is 4.25. The van der Waals surface area contributed by atoms with Crippen LogP contribution in [-0.4, -0.2) is 39.2 Å². The number of amides is 1. The van der Waals surface area contributed by atoms with Crippen LogP contribution in [0, 0.1) is 0 Å². The summed E-state index contributed by atoms with van der Waals surface area (Å²) in [6.45, 7) is 2.79.